The van der Waals surface area contributed by atoms with E-state index in [2.05, 4.69) is 50.9 Å². The molecule has 2 nitrogen and oxygen atoms in total. The van der Waals surface area contributed by atoms with Crippen LogP contribution in [0.3, 0.4) is 0 Å². The van der Waals surface area contributed by atoms with Crippen LogP contribution < -0.4 is 10.6 Å². The van der Waals surface area contributed by atoms with Gasteiger partial charge in [-0.2, -0.15) is 0 Å². The summed E-state index contributed by atoms with van der Waals surface area (Å²) in [5.74, 6) is 0.803. The van der Waals surface area contributed by atoms with E-state index in [0.29, 0.717) is 6.04 Å². The van der Waals surface area contributed by atoms with Crippen molar-refractivity contribution in [2.45, 2.75) is 71.4 Å². The molecule has 118 valence electrons. The van der Waals surface area contributed by atoms with Crippen molar-refractivity contribution in [3.05, 3.63) is 29.3 Å². The zero-order valence-corrected chi connectivity index (χ0v) is 14.2. The van der Waals surface area contributed by atoms with Crippen LogP contribution in [0, 0.1) is 12.8 Å². The molecule has 1 aromatic rings. The van der Waals surface area contributed by atoms with E-state index in [1.165, 1.54) is 42.5 Å². The van der Waals surface area contributed by atoms with Gasteiger partial charge in [-0.3, -0.25) is 0 Å². The monoisotopic (exact) mass is 288 g/mol. The Kier molecular flexibility index (Phi) is 5.69. The van der Waals surface area contributed by atoms with Crippen molar-refractivity contribution in [2.75, 3.05) is 11.9 Å². The standard InChI is InChI=1S/C19H32N2/c1-5-17(20)13-16-10-11-18(12-15(16)3)21(4)19-9-7-6-8-14(19)2/h10-12,14,17,19H,5-9,13,20H2,1-4H3. The van der Waals surface area contributed by atoms with Gasteiger partial charge in [0.25, 0.3) is 0 Å². The maximum absolute atomic E-state index is 6.10. The number of hydrogen-bond acceptors (Lipinski definition) is 2. The highest BCUT2D eigenvalue weighted by Gasteiger charge is 2.25. The van der Waals surface area contributed by atoms with Gasteiger partial charge in [0.1, 0.15) is 0 Å². The molecule has 0 amide bonds. The summed E-state index contributed by atoms with van der Waals surface area (Å²) >= 11 is 0. The van der Waals surface area contributed by atoms with Gasteiger partial charge in [0.2, 0.25) is 0 Å². The van der Waals surface area contributed by atoms with Crippen molar-refractivity contribution in [3.8, 4) is 0 Å². The van der Waals surface area contributed by atoms with Gasteiger partial charge in [0.15, 0.2) is 0 Å². The van der Waals surface area contributed by atoms with Crippen molar-refractivity contribution in [1.82, 2.24) is 0 Å². The first kappa shape index (κ1) is 16.4. The third-order valence-corrected chi connectivity index (χ3v) is 5.30. The van der Waals surface area contributed by atoms with Crippen LogP contribution in [-0.2, 0) is 6.42 Å². The predicted molar refractivity (Wildman–Crippen MR) is 93.0 cm³/mol. The topological polar surface area (TPSA) is 29.3 Å². The minimum atomic E-state index is 0.283. The molecule has 0 radical (unpaired) electrons. The van der Waals surface area contributed by atoms with Gasteiger partial charge in [0.05, 0.1) is 0 Å². The summed E-state index contributed by atoms with van der Waals surface area (Å²) in [5, 5.41) is 0. The summed E-state index contributed by atoms with van der Waals surface area (Å²) in [4.78, 5) is 2.50. The van der Waals surface area contributed by atoms with Crippen LogP contribution in [0.5, 0.6) is 0 Å². The van der Waals surface area contributed by atoms with Gasteiger partial charge >= 0.3 is 0 Å². The zero-order chi connectivity index (χ0) is 15.4. The molecule has 1 fully saturated rings. The average Bonchev–Trinajstić information content (AvgIpc) is 2.49. The molecule has 21 heavy (non-hydrogen) atoms. The van der Waals surface area contributed by atoms with E-state index in [9.17, 15) is 0 Å². The molecule has 2 N–H and O–H groups in total. The number of hydrogen-bond donors (Lipinski definition) is 1. The van der Waals surface area contributed by atoms with Gasteiger partial charge in [-0.25, -0.2) is 0 Å². The second-order valence-electron chi connectivity index (χ2n) is 6.92. The number of aryl methyl sites for hydroxylation is 1. The highest BCUT2D eigenvalue weighted by Crippen LogP contribution is 2.31. The van der Waals surface area contributed by atoms with Crippen LogP contribution in [-0.4, -0.2) is 19.1 Å². The lowest BCUT2D eigenvalue weighted by Gasteiger charge is -2.38. The fourth-order valence-electron chi connectivity index (χ4n) is 3.62. The Balaban J connectivity index is 2.11. The first-order chi connectivity index (χ1) is 10.0. The van der Waals surface area contributed by atoms with Crippen LogP contribution in [0.4, 0.5) is 5.69 Å². The highest BCUT2D eigenvalue weighted by molar-refractivity contribution is 5.51. The predicted octanol–water partition coefficient (Wildman–Crippen LogP) is 4.29. The second-order valence-corrected chi connectivity index (χ2v) is 6.92. The lowest BCUT2D eigenvalue weighted by Crippen LogP contribution is -2.39. The van der Waals surface area contributed by atoms with E-state index in [4.69, 9.17) is 5.73 Å². The van der Waals surface area contributed by atoms with Crippen molar-refractivity contribution < 1.29 is 0 Å². The molecule has 3 unspecified atom stereocenters. The summed E-state index contributed by atoms with van der Waals surface area (Å²) in [6.45, 7) is 6.79. The molecule has 0 spiro atoms. The maximum Gasteiger partial charge on any atom is 0.0369 e. The summed E-state index contributed by atoms with van der Waals surface area (Å²) < 4.78 is 0. The number of nitrogens with two attached hydrogens (primary N) is 1. The molecule has 0 saturated heterocycles. The van der Waals surface area contributed by atoms with E-state index in [1.54, 1.807) is 0 Å². The van der Waals surface area contributed by atoms with E-state index in [-0.39, 0.29) is 6.04 Å². The third kappa shape index (κ3) is 4.00. The molecule has 0 heterocycles. The van der Waals surface area contributed by atoms with E-state index in [0.717, 1.165) is 18.8 Å². The molecule has 0 aromatic heterocycles. The fourth-order valence-corrected chi connectivity index (χ4v) is 3.62. The first-order valence-electron chi connectivity index (χ1n) is 8.60. The van der Waals surface area contributed by atoms with Gasteiger partial charge < -0.3 is 10.6 Å². The molecule has 0 bridgehead atoms. The fraction of sp³-hybridized carbons (Fsp3) is 0.684. The molecule has 1 aromatic carbocycles. The van der Waals surface area contributed by atoms with Gasteiger partial charge in [-0.1, -0.05) is 32.8 Å². The second kappa shape index (κ2) is 7.31. The van der Waals surface area contributed by atoms with E-state index < -0.39 is 0 Å². The van der Waals surface area contributed by atoms with Gasteiger partial charge in [-0.05, 0) is 61.8 Å². The quantitative estimate of drug-likeness (QED) is 0.875. The largest absolute Gasteiger partial charge is 0.371 e. The molecule has 3 atom stereocenters. The molecule has 0 aliphatic heterocycles. The number of rotatable bonds is 5. The van der Waals surface area contributed by atoms with E-state index in [1.807, 2.05) is 0 Å². The van der Waals surface area contributed by atoms with Crippen LogP contribution in [0.15, 0.2) is 18.2 Å². The smallest absolute Gasteiger partial charge is 0.0369 e. The maximum atomic E-state index is 6.10. The summed E-state index contributed by atoms with van der Waals surface area (Å²) in [6, 6.07) is 7.89. The lowest BCUT2D eigenvalue weighted by atomic mass is 9.85. The van der Waals surface area contributed by atoms with Crippen molar-refractivity contribution in [3.63, 3.8) is 0 Å². The summed E-state index contributed by atoms with van der Waals surface area (Å²) in [5.41, 5.74) is 10.2. The zero-order valence-electron chi connectivity index (χ0n) is 14.2. The van der Waals surface area contributed by atoms with Gasteiger partial charge in [-0.15, -0.1) is 0 Å². The SMILES string of the molecule is CCC(N)Cc1ccc(N(C)C2CCCCC2C)cc1C. The molecule has 1 aliphatic carbocycles. The van der Waals surface area contributed by atoms with Crippen LogP contribution in [0.1, 0.15) is 57.1 Å². The van der Waals surface area contributed by atoms with Crippen LogP contribution in [0.25, 0.3) is 0 Å². The molecule has 1 aliphatic rings. The first-order valence-corrected chi connectivity index (χ1v) is 8.60. The normalized spacial score (nSPS) is 23.9. The van der Waals surface area contributed by atoms with Crippen LogP contribution in [0.2, 0.25) is 0 Å². The minimum absolute atomic E-state index is 0.283. The Morgan fingerprint density at radius 2 is 2.00 bits per heavy atom. The summed E-state index contributed by atoms with van der Waals surface area (Å²) in [7, 11) is 2.26. The minimum Gasteiger partial charge on any atom is -0.371 e. The highest BCUT2D eigenvalue weighted by atomic mass is 15.1. The Hall–Kier alpha value is -1.02. The number of benzene rings is 1. The summed E-state index contributed by atoms with van der Waals surface area (Å²) in [6.07, 6.45) is 7.52. The third-order valence-electron chi connectivity index (χ3n) is 5.30. The average molecular weight is 288 g/mol. The Morgan fingerprint density at radius 1 is 1.29 bits per heavy atom. The molecule has 2 heteroatoms. The van der Waals surface area contributed by atoms with Crippen molar-refractivity contribution in [1.29, 1.82) is 0 Å². The Bertz CT molecular complexity index is 455. The van der Waals surface area contributed by atoms with Crippen molar-refractivity contribution >= 4 is 5.69 Å². The Morgan fingerprint density at radius 3 is 2.62 bits per heavy atom. The molecule has 2 rings (SSSR count). The van der Waals surface area contributed by atoms with Crippen molar-refractivity contribution in [2.24, 2.45) is 11.7 Å². The number of anilines is 1. The van der Waals surface area contributed by atoms with Gasteiger partial charge in [0, 0.05) is 24.8 Å². The lowest BCUT2D eigenvalue weighted by molar-refractivity contribution is 0.321. The van der Waals surface area contributed by atoms with E-state index >= 15 is 0 Å². The van der Waals surface area contributed by atoms with Crippen LogP contribution >= 0.6 is 0 Å². The molecular formula is C19H32N2. The Labute approximate surface area is 130 Å². The molecular weight excluding hydrogens is 256 g/mol. The molecule has 1 saturated carbocycles. The number of nitrogens with zero attached hydrogens (tertiary/aromatic N) is 1.